The molecule has 1 rings (SSSR count). The maximum atomic E-state index is 12.1. The van der Waals surface area contributed by atoms with E-state index in [-0.39, 0.29) is 12.3 Å². The molecule has 1 aromatic carbocycles. The molecule has 4 N–H and O–H groups in total. The van der Waals surface area contributed by atoms with E-state index in [2.05, 4.69) is 5.32 Å². The molecule has 0 aliphatic heterocycles. The summed E-state index contributed by atoms with van der Waals surface area (Å²) in [5.41, 5.74) is 6.92. The van der Waals surface area contributed by atoms with Crippen molar-refractivity contribution in [1.82, 2.24) is 5.32 Å². The Balaban J connectivity index is 2.41. The van der Waals surface area contributed by atoms with Crippen LogP contribution in [0.2, 0.25) is 0 Å². The summed E-state index contributed by atoms with van der Waals surface area (Å²) < 4.78 is 0. The van der Waals surface area contributed by atoms with Gasteiger partial charge in [0.05, 0.1) is 4.99 Å². The van der Waals surface area contributed by atoms with Crippen molar-refractivity contribution in [2.45, 2.75) is 32.1 Å². The molecular formula is C15H20N2O3S. The lowest BCUT2D eigenvalue weighted by Gasteiger charge is -2.09. The van der Waals surface area contributed by atoms with E-state index in [1.165, 1.54) is 0 Å². The Kier molecular flexibility index (Phi) is 7.39. The second-order valence-corrected chi connectivity index (χ2v) is 5.28. The maximum absolute atomic E-state index is 12.1. The van der Waals surface area contributed by atoms with Crippen LogP contribution in [0.25, 0.3) is 0 Å². The van der Waals surface area contributed by atoms with E-state index in [1.807, 2.05) is 12.1 Å². The summed E-state index contributed by atoms with van der Waals surface area (Å²) >= 11 is 4.88. The average Bonchev–Trinajstić information content (AvgIpc) is 2.42. The number of benzene rings is 1. The molecule has 21 heavy (non-hydrogen) atoms. The number of carboxylic acid groups (broad SMARTS) is 1. The molecule has 0 spiro atoms. The quantitative estimate of drug-likeness (QED) is 0.478. The standard InChI is InChI=1S/C15H20N2O3S/c16-13(21)10-11-6-3-4-7-12(11)15(20)17-9-5-1-2-8-14(18)19/h3-4,6-7H,1-2,5,8-10H2,(H2,16,21)(H,17,20)(H,18,19). The number of hydrogen-bond acceptors (Lipinski definition) is 3. The number of amides is 1. The highest BCUT2D eigenvalue weighted by Gasteiger charge is 2.10. The Morgan fingerprint density at radius 2 is 1.90 bits per heavy atom. The number of aliphatic carboxylic acids is 1. The third kappa shape index (κ3) is 6.85. The summed E-state index contributed by atoms with van der Waals surface area (Å²) in [5, 5.41) is 11.3. The second kappa shape index (κ2) is 9.07. The second-order valence-electron chi connectivity index (χ2n) is 4.76. The van der Waals surface area contributed by atoms with Gasteiger partial charge in [-0.25, -0.2) is 0 Å². The Labute approximate surface area is 129 Å². The molecule has 0 unspecified atom stereocenters. The van der Waals surface area contributed by atoms with E-state index in [0.717, 1.165) is 18.4 Å². The molecule has 0 saturated carbocycles. The molecule has 114 valence electrons. The minimum absolute atomic E-state index is 0.153. The van der Waals surface area contributed by atoms with Crippen molar-refractivity contribution in [1.29, 1.82) is 0 Å². The molecule has 0 aromatic heterocycles. The fraction of sp³-hybridized carbons (Fsp3) is 0.400. The average molecular weight is 308 g/mol. The fourth-order valence-corrected chi connectivity index (χ4v) is 2.11. The summed E-state index contributed by atoms with van der Waals surface area (Å²) in [6.45, 7) is 0.528. The van der Waals surface area contributed by atoms with Crippen LogP contribution in [0.1, 0.15) is 41.6 Å². The van der Waals surface area contributed by atoms with Gasteiger partial charge >= 0.3 is 5.97 Å². The number of nitrogens with two attached hydrogens (primary N) is 1. The van der Waals surface area contributed by atoms with E-state index >= 15 is 0 Å². The van der Waals surface area contributed by atoms with Crippen molar-refractivity contribution in [2.24, 2.45) is 5.73 Å². The number of carbonyl (C=O) groups excluding carboxylic acids is 1. The minimum atomic E-state index is -0.786. The number of unbranched alkanes of at least 4 members (excludes halogenated alkanes) is 2. The monoisotopic (exact) mass is 308 g/mol. The molecule has 0 radical (unpaired) electrons. The van der Waals surface area contributed by atoms with Crippen molar-refractivity contribution >= 4 is 29.1 Å². The number of rotatable bonds is 9. The third-order valence-corrected chi connectivity index (χ3v) is 3.12. The van der Waals surface area contributed by atoms with E-state index in [0.29, 0.717) is 29.9 Å². The van der Waals surface area contributed by atoms with Crippen molar-refractivity contribution in [3.05, 3.63) is 35.4 Å². The van der Waals surface area contributed by atoms with Gasteiger partial charge in [-0.15, -0.1) is 0 Å². The van der Waals surface area contributed by atoms with Gasteiger partial charge in [0.2, 0.25) is 0 Å². The van der Waals surface area contributed by atoms with Crippen LogP contribution >= 0.6 is 12.2 Å². The zero-order chi connectivity index (χ0) is 15.7. The summed E-state index contributed by atoms with van der Waals surface area (Å²) in [4.78, 5) is 22.8. The zero-order valence-corrected chi connectivity index (χ0v) is 12.6. The van der Waals surface area contributed by atoms with Crippen LogP contribution in [0.4, 0.5) is 0 Å². The first-order valence-corrected chi connectivity index (χ1v) is 7.27. The SMILES string of the molecule is NC(=S)Cc1ccccc1C(=O)NCCCCCC(=O)O. The molecule has 6 heteroatoms. The van der Waals surface area contributed by atoms with Gasteiger partial charge < -0.3 is 16.2 Å². The largest absolute Gasteiger partial charge is 0.481 e. The van der Waals surface area contributed by atoms with Gasteiger partial charge in [0.15, 0.2) is 0 Å². The molecule has 0 aliphatic carbocycles. The molecule has 0 fully saturated rings. The summed E-state index contributed by atoms with van der Waals surface area (Å²) in [5.74, 6) is -0.939. The van der Waals surface area contributed by atoms with Gasteiger partial charge in [-0.3, -0.25) is 9.59 Å². The van der Waals surface area contributed by atoms with Crippen molar-refractivity contribution < 1.29 is 14.7 Å². The van der Waals surface area contributed by atoms with Crippen LogP contribution in [-0.4, -0.2) is 28.5 Å². The summed E-state index contributed by atoms with van der Waals surface area (Å²) in [6, 6.07) is 7.22. The van der Waals surface area contributed by atoms with Gasteiger partial charge in [-0.1, -0.05) is 36.8 Å². The molecule has 0 saturated heterocycles. The number of nitrogens with one attached hydrogen (secondary N) is 1. The predicted octanol–water partition coefficient (Wildman–Crippen LogP) is 1.89. The highest BCUT2D eigenvalue weighted by molar-refractivity contribution is 7.80. The van der Waals surface area contributed by atoms with E-state index in [4.69, 9.17) is 23.1 Å². The van der Waals surface area contributed by atoms with Crippen LogP contribution in [0, 0.1) is 0 Å². The molecule has 5 nitrogen and oxygen atoms in total. The van der Waals surface area contributed by atoms with Gasteiger partial charge in [0.1, 0.15) is 0 Å². The lowest BCUT2D eigenvalue weighted by atomic mass is 10.0. The first-order chi connectivity index (χ1) is 10.0. The van der Waals surface area contributed by atoms with E-state index in [1.54, 1.807) is 12.1 Å². The molecule has 0 heterocycles. The topological polar surface area (TPSA) is 92.4 Å². The molecule has 0 aliphatic rings. The van der Waals surface area contributed by atoms with Gasteiger partial charge in [-0.05, 0) is 24.5 Å². The predicted molar refractivity (Wildman–Crippen MR) is 85.4 cm³/mol. The molecular weight excluding hydrogens is 288 g/mol. The molecule has 0 atom stereocenters. The van der Waals surface area contributed by atoms with Crippen LogP contribution in [0.15, 0.2) is 24.3 Å². The Morgan fingerprint density at radius 3 is 2.57 bits per heavy atom. The lowest BCUT2D eigenvalue weighted by molar-refractivity contribution is -0.137. The molecule has 0 bridgehead atoms. The van der Waals surface area contributed by atoms with Crippen molar-refractivity contribution in [3.63, 3.8) is 0 Å². The highest BCUT2D eigenvalue weighted by Crippen LogP contribution is 2.10. The van der Waals surface area contributed by atoms with Crippen molar-refractivity contribution in [3.8, 4) is 0 Å². The Bertz CT molecular complexity index is 517. The third-order valence-electron chi connectivity index (χ3n) is 2.98. The Morgan fingerprint density at radius 1 is 1.19 bits per heavy atom. The van der Waals surface area contributed by atoms with Crippen LogP contribution in [0.5, 0.6) is 0 Å². The number of thiocarbonyl (C=S) groups is 1. The first-order valence-electron chi connectivity index (χ1n) is 6.87. The lowest BCUT2D eigenvalue weighted by Crippen LogP contribution is -2.26. The van der Waals surface area contributed by atoms with E-state index in [9.17, 15) is 9.59 Å². The summed E-state index contributed by atoms with van der Waals surface area (Å²) in [6.07, 6.45) is 2.74. The van der Waals surface area contributed by atoms with E-state index < -0.39 is 5.97 Å². The summed E-state index contributed by atoms with van der Waals surface area (Å²) in [7, 11) is 0. The zero-order valence-electron chi connectivity index (χ0n) is 11.8. The normalized spacial score (nSPS) is 10.1. The van der Waals surface area contributed by atoms with Crippen molar-refractivity contribution in [2.75, 3.05) is 6.54 Å². The first kappa shape index (κ1) is 17.1. The highest BCUT2D eigenvalue weighted by atomic mass is 32.1. The van der Waals surface area contributed by atoms with Gasteiger partial charge in [0, 0.05) is 24.9 Å². The smallest absolute Gasteiger partial charge is 0.303 e. The number of hydrogen-bond donors (Lipinski definition) is 3. The van der Waals surface area contributed by atoms with Crippen LogP contribution in [0.3, 0.4) is 0 Å². The van der Waals surface area contributed by atoms with Gasteiger partial charge in [0.25, 0.3) is 5.91 Å². The number of carbonyl (C=O) groups is 2. The van der Waals surface area contributed by atoms with Crippen LogP contribution < -0.4 is 11.1 Å². The van der Waals surface area contributed by atoms with Gasteiger partial charge in [-0.2, -0.15) is 0 Å². The minimum Gasteiger partial charge on any atom is -0.481 e. The molecule has 1 amide bonds. The fourth-order valence-electron chi connectivity index (χ4n) is 1.96. The van der Waals surface area contributed by atoms with Crippen LogP contribution in [-0.2, 0) is 11.2 Å². The maximum Gasteiger partial charge on any atom is 0.303 e. The Hall–Kier alpha value is -1.95. The molecule has 1 aromatic rings. The number of carboxylic acids is 1.